The first-order valence-electron chi connectivity index (χ1n) is 30.6. The number of carbonyl (C=O) groups excluding carboxylic acids is 2. The number of rotatable bonds is 55. The van der Waals surface area contributed by atoms with E-state index in [4.69, 9.17) is 18.5 Å². The number of hydrogen-bond donors (Lipinski definition) is 1. The number of likely N-dealkylation sites (N-methyl/N-ethyl adjacent to an activating group) is 1. The van der Waals surface area contributed by atoms with E-state index in [0.717, 1.165) is 103 Å². The van der Waals surface area contributed by atoms with Crippen molar-refractivity contribution in [1.29, 1.82) is 0 Å². The Bertz CT molecular complexity index is 1650. The smallest absolute Gasteiger partial charge is 0.462 e. The summed E-state index contributed by atoms with van der Waals surface area (Å²) < 4.78 is 34.6. The average molecular weight is 1080 g/mol. The van der Waals surface area contributed by atoms with Crippen LogP contribution in [0, 0.1) is 0 Å². The fraction of sp³-hybridized carbons (Fsp3) is 0.697. The molecular formula is C66H115NO8P+. The highest BCUT2D eigenvalue weighted by atomic mass is 31.2. The van der Waals surface area contributed by atoms with Crippen molar-refractivity contribution in [3.63, 3.8) is 0 Å². The van der Waals surface area contributed by atoms with E-state index in [2.05, 4.69) is 123 Å². The molecule has 2 unspecified atom stereocenters. The fourth-order valence-corrected chi connectivity index (χ4v) is 8.87. The molecule has 9 nitrogen and oxygen atoms in total. The minimum atomic E-state index is -4.39. The van der Waals surface area contributed by atoms with Gasteiger partial charge in [-0.3, -0.25) is 18.6 Å². The predicted octanol–water partition coefficient (Wildman–Crippen LogP) is 19.4. The lowest BCUT2D eigenvalue weighted by atomic mass is 10.0. The number of phosphoric acid groups is 1. The molecular weight excluding hydrogens is 966 g/mol. The highest BCUT2D eigenvalue weighted by Gasteiger charge is 2.27. The zero-order valence-corrected chi connectivity index (χ0v) is 50.3. The van der Waals surface area contributed by atoms with Gasteiger partial charge in [0.1, 0.15) is 19.8 Å². The third kappa shape index (κ3) is 59.9. The van der Waals surface area contributed by atoms with Crippen molar-refractivity contribution in [2.24, 2.45) is 0 Å². The van der Waals surface area contributed by atoms with E-state index in [9.17, 15) is 19.0 Å². The van der Waals surface area contributed by atoms with Crippen molar-refractivity contribution >= 4 is 19.8 Å². The van der Waals surface area contributed by atoms with Crippen molar-refractivity contribution in [2.45, 2.75) is 251 Å². The van der Waals surface area contributed by atoms with Gasteiger partial charge in [-0.1, -0.05) is 258 Å². The quantitative estimate of drug-likeness (QED) is 0.0211. The molecule has 0 aliphatic carbocycles. The number of ether oxygens (including phenoxy) is 2. The van der Waals surface area contributed by atoms with Crippen LogP contribution in [0.1, 0.15) is 245 Å². The maximum atomic E-state index is 12.8. The lowest BCUT2D eigenvalue weighted by molar-refractivity contribution is -0.870. The molecule has 0 saturated heterocycles. The van der Waals surface area contributed by atoms with Crippen molar-refractivity contribution < 1.29 is 42.1 Å². The second kappa shape index (κ2) is 56.4. The Morgan fingerprint density at radius 1 is 0.421 bits per heavy atom. The van der Waals surface area contributed by atoms with Crippen LogP contribution < -0.4 is 0 Å². The van der Waals surface area contributed by atoms with Gasteiger partial charge in [-0.05, 0) is 83.5 Å². The lowest BCUT2D eigenvalue weighted by Gasteiger charge is -2.24. The fourth-order valence-electron chi connectivity index (χ4n) is 8.13. The van der Waals surface area contributed by atoms with Gasteiger partial charge in [0.15, 0.2) is 6.10 Å². The summed E-state index contributed by atoms with van der Waals surface area (Å²) in [5.41, 5.74) is 0. The molecule has 0 fully saturated rings. The summed E-state index contributed by atoms with van der Waals surface area (Å²) in [7, 11) is 1.46. The molecule has 0 radical (unpaired) electrons. The van der Waals surface area contributed by atoms with Gasteiger partial charge in [-0.2, -0.15) is 0 Å². The molecule has 436 valence electrons. The molecule has 0 aromatic carbocycles. The van der Waals surface area contributed by atoms with E-state index < -0.39 is 26.5 Å². The number of nitrogens with zero attached hydrogens (tertiary/aromatic N) is 1. The molecule has 0 spiro atoms. The Labute approximate surface area is 467 Å². The van der Waals surface area contributed by atoms with Gasteiger partial charge < -0.3 is 18.9 Å². The predicted molar refractivity (Wildman–Crippen MR) is 325 cm³/mol. The van der Waals surface area contributed by atoms with E-state index in [1.807, 2.05) is 21.1 Å². The van der Waals surface area contributed by atoms with Crippen LogP contribution in [0.3, 0.4) is 0 Å². The van der Waals surface area contributed by atoms with Crippen LogP contribution in [0.5, 0.6) is 0 Å². The van der Waals surface area contributed by atoms with E-state index in [1.54, 1.807) is 0 Å². The number of phosphoric ester groups is 1. The van der Waals surface area contributed by atoms with E-state index in [-0.39, 0.29) is 32.0 Å². The Kier molecular flexibility index (Phi) is 53.9. The van der Waals surface area contributed by atoms with Crippen LogP contribution >= 0.6 is 7.82 Å². The number of unbranched alkanes of at least 4 members (excludes halogenated alkanes) is 23. The first-order chi connectivity index (χ1) is 37.0. The highest BCUT2D eigenvalue weighted by molar-refractivity contribution is 7.47. The standard InChI is InChI=1S/C66H114NO8P/c1-6-8-10-12-14-16-18-20-22-24-25-26-27-28-29-30-31-32-33-34-35-36-37-38-39-40-41-43-45-47-49-51-53-55-57-59-66(69)75-64(63-74-76(70,71)73-61-60-67(3,4)5)62-72-65(68)58-56-54-52-50-48-46-44-42-23-21-19-17-15-13-11-9-7-2/h8,10,14,16,20,22,25-26,28-29,31-32,34-35,37-38,40-41,64H,6-7,9,11-13,15,17-19,21,23-24,27,30,33,36,39,42-63H2,1-5H3/p+1/b10-8-,16-14-,22-20-,26-25-,29-28-,32-31-,35-34-,38-37-,41-40-. The van der Waals surface area contributed by atoms with Gasteiger partial charge in [0.2, 0.25) is 0 Å². The van der Waals surface area contributed by atoms with Crippen molar-refractivity contribution in [3.8, 4) is 0 Å². The molecule has 0 aromatic rings. The number of allylic oxidation sites excluding steroid dienone is 18. The Morgan fingerprint density at radius 2 is 0.750 bits per heavy atom. The van der Waals surface area contributed by atoms with Crippen LogP contribution in [-0.2, 0) is 32.7 Å². The number of quaternary nitrogens is 1. The maximum absolute atomic E-state index is 12.8. The molecule has 0 heterocycles. The molecule has 2 atom stereocenters. The first-order valence-corrected chi connectivity index (χ1v) is 32.1. The van der Waals surface area contributed by atoms with Crippen molar-refractivity contribution in [2.75, 3.05) is 47.5 Å². The second-order valence-electron chi connectivity index (χ2n) is 21.4. The van der Waals surface area contributed by atoms with Gasteiger partial charge in [0, 0.05) is 12.8 Å². The number of hydrogen-bond acceptors (Lipinski definition) is 7. The Morgan fingerprint density at radius 3 is 1.12 bits per heavy atom. The SMILES string of the molecule is CC/C=C\C/C=C\C/C=C\C/C=C\C/C=C\C/C=C\C/C=C\C/C=C\C/C=C\CCCCCCCCCC(=O)OC(COC(=O)CCCCCCCCCCCCCCCCCCC)COP(=O)(O)OCC[N+](C)(C)C. The molecule has 10 heteroatoms. The van der Waals surface area contributed by atoms with E-state index in [1.165, 1.54) is 109 Å². The monoisotopic (exact) mass is 1080 g/mol. The number of carbonyl (C=O) groups is 2. The average Bonchev–Trinajstić information content (AvgIpc) is 3.38. The topological polar surface area (TPSA) is 108 Å². The van der Waals surface area contributed by atoms with Gasteiger partial charge >= 0.3 is 19.8 Å². The van der Waals surface area contributed by atoms with Crippen LogP contribution in [0.25, 0.3) is 0 Å². The zero-order chi connectivity index (χ0) is 55.6. The summed E-state index contributed by atoms with van der Waals surface area (Å²) in [5, 5.41) is 0. The molecule has 0 saturated carbocycles. The van der Waals surface area contributed by atoms with Crippen LogP contribution in [0.4, 0.5) is 0 Å². The third-order valence-electron chi connectivity index (χ3n) is 12.8. The van der Waals surface area contributed by atoms with E-state index >= 15 is 0 Å². The lowest BCUT2D eigenvalue weighted by Crippen LogP contribution is -2.37. The van der Waals surface area contributed by atoms with Crippen molar-refractivity contribution in [3.05, 3.63) is 109 Å². The zero-order valence-electron chi connectivity index (χ0n) is 49.5. The summed E-state index contributed by atoms with van der Waals surface area (Å²) in [6, 6.07) is 0. The maximum Gasteiger partial charge on any atom is 0.472 e. The van der Waals surface area contributed by atoms with Gasteiger partial charge in [-0.15, -0.1) is 0 Å². The largest absolute Gasteiger partial charge is 0.472 e. The second-order valence-corrected chi connectivity index (χ2v) is 22.8. The summed E-state index contributed by atoms with van der Waals surface area (Å²) in [5.74, 6) is -0.809. The summed E-state index contributed by atoms with van der Waals surface area (Å²) >= 11 is 0. The van der Waals surface area contributed by atoms with Crippen LogP contribution in [0.15, 0.2) is 109 Å². The molecule has 76 heavy (non-hydrogen) atoms. The van der Waals surface area contributed by atoms with Gasteiger partial charge in [0.05, 0.1) is 27.7 Å². The number of esters is 2. The molecule has 0 aliphatic rings. The molecule has 0 rings (SSSR count). The highest BCUT2D eigenvalue weighted by Crippen LogP contribution is 2.43. The van der Waals surface area contributed by atoms with Gasteiger partial charge in [-0.25, -0.2) is 4.57 Å². The van der Waals surface area contributed by atoms with Crippen molar-refractivity contribution in [1.82, 2.24) is 0 Å². The molecule has 0 aliphatic heterocycles. The van der Waals surface area contributed by atoms with Crippen LogP contribution in [-0.4, -0.2) is 74.9 Å². The Hall–Kier alpha value is -3.33. The first kappa shape index (κ1) is 72.7. The van der Waals surface area contributed by atoms with Gasteiger partial charge in [0.25, 0.3) is 0 Å². The van der Waals surface area contributed by atoms with E-state index in [0.29, 0.717) is 17.4 Å². The van der Waals surface area contributed by atoms with Crippen LogP contribution in [0.2, 0.25) is 0 Å². The Balaban J connectivity index is 4.17. The summed E-state index contributed by atoms with van der Waals surface area (Å²) in [4.78, 5) is 35.7. The summed E-state index contributed by atoms with van der Waals surface area (Å²) in [6.45, 7) is 4.31. The third-order valence-corrected chi connectivity index (χ3v) is 13.8. The molecule has 0 aromatic heterocycles. The normalized spacial score (nSPS) is 14.0. The summed E-state index contributed by atoms with van der Waals surface area (Å²) in [6.07, 6.45) is 78.7. The molecule has 0 amide bonds. The molecule has 1 N–H and O–H groups in total. The molecule has 0 bridgehead atoms. The minimum Gasteiger partial charge on any atom is -0.462 e. The minimum absolute atomic E-state index is 0.0255.